The zero-order valence-corrected chi connectivity index (χ0v) is 14.9. The van der Waals surface area contributed by atoms with E-state index in [9.17, 15) is 9.59 Å². The Kier molecular flexibility index (Phi) is 5.80. The topological polar surface area (TPSA) is 84.2 Å². The first-order chi connectivity index (χ1) is 11.8. The van der Waals surface area contributed by atoms with Crippen molar-refractivity contribution in [3.63, 3.8) is 0 Å². The molecule has 25 heavy (non-hydrogen) atoms. The van der Waals surface area contributed by atoms with Gasteiger partial charge in [-0.05, 0) is 28.7 Å². The second kappa shape index (κ2) is 7.83. The van der Waals surface area contributed by atoms with Crippen molar-refractivity contribution in [1.29, 1.82) is 0 Å². The SMILES string of the molecule is CC(C)(C)c1ccc(NC(=O)C[C@H](NC(N)=O)c2ccccc2)cc1. The number of carbonyl (C=O) groups is 2. The molecule has 1 atom stereocenters. The number of benzene rings is 2. The van der Waals surface area contributed by atoms with E-state index in [2.05, 4.69) is 31.4 Å². The summed E-state index contributed by atoms with van der Waals surface area (Å²) in [7, 11) is 0. The van der Waals surface area contributed by atoms with Crippen molar-refractivity contribution in [2.24, 2.45) is 5.73 Å². The molecule has 0 saturated heterocycles. The maximum Gasteiger partial charge on any atom is 0.312 e. The van der Waals surface area contributed by atoms with Crippen molar-refractivity contribution in [3.8, 4) is 0 Å². The molecular weight excluding hydrogens is 314 g/mol. The fourth-order valence-corrected chi connectivity index (χ4v) is 2.56. The van der Waals surface area contributed by atoms with E-state index in [4.69, 9.17) is 5.73 Å². The van der Waals surface area contributed by atoms with Gasteiger partial charge in [0.25, 0.3) is 0 Å². The Labute approximate surface area is 148 Å². The maximum atomic E-state index is 12.4. The van der Waals surface area contributed by atoms with Gasteiger partial charge >= 0.3 is 6.03 Å². The van der Waals surface area contributed by atoms with Gasteiger partial charge in [-0.25, -0.2) is 4.79 Å². The number of hydrogen-bond donors (Lipinski definition) is 3. The lowest BCUT2D eigenvalue weighted by Gasteiger charge is -2.20. The maximum absolute atomic E-state index is 12.4. The standard InChI is InChI=1S/C20H25N3O2/c1-20(2,3)15-9-11-16(12-10-15)22-18(24)13-17(23-19(21)25)14-7-5-4-6-8-14/h4-12,17H,13H2,1-3H3,(H,22,24)(H3,21,23,25)/t17-/m0/s1. The monoisotopic (exact) mass is 339 g/mol. The van der Waals surface area contributed by atoms with Gasteiger partial charge in [-0.1, -0.05) is 63.2 Å². The molecule has 0 aliphatic heterocycles. The van der Waals surface area contributed by atoms with Crippen LogP contribution >= 0.6 is 0 Å². The van der Waals surface area contributed by atoms with Crippen LogP contribution in [0.25, 0.3) is 0 Å². The number of urea groups is 1. The Balaban J connectivity index is 2.05. The summed E-state index contributed by atoms with van der Waals surface area (Å²) in [4.78, 5) is 23.6. The van der Waals surface area contributed by atoms with E-state index >= 15 is 0 Å². The average molecular weight is 339 g/mol. The van der Waals surface area contributed by atoms with Crippen LogP contribution < -0.4 is 16.4 Å². The Bertz CT molecular complexity index is 719. The van der Waals surface area contributed by atoms with E-state index in [1.54, 1.807) is 0 Å². The molecule has 2 rings (SSSR count). The van der Waals surface area contributed by atoms with Crippen LogP contribution in [0.4, 0.5) is 10.5 Å². The Morgan fingerprint density at radius 3 is 2.12 bits per heavy atom. The molecule has 132 valence electrons. The number of hydrogen-bond acceptors (Lipinski definition) is 2. The molecule has 0 radical (unpaired) electrons. The summed E-state index contributed by atoms with van der Waals surface area (Å²) in [5.74, 6) is -0.189. The van der Waals surface area contributed by atoms with Crippen LogP contribution in [0.15, 0.2) is 54.6 Å². The molecule has 0 aromatic heterocycles. The minimum atomic E-state index is -0.656. The first kappa shape index (κ1) is 18.5. The molecule has 0 heterocycles. The minimum absolute atomic E-state index is 0.0619. The lowest BCUT2D eigenvalue weighted by molar-refractivity contribution is -0.116. The molecule has 5 heteroatoms. The number of nitrogens with two attached hydrogens (primary N) is 1. The molecule has 0 aliphatic carbocycles. The zero-order chi connectivity index (χ0) is 18.4. The van der Waals surface area contributed by atoms with Crippen LogP contribution in [0, 0.1) is 0 Å². The van der Waals surface area contributed by atoms with Crippen molar-refractivity contribution >= 4 is 17.6 Å². The van der Waals surface area contributed by atoms with Gasteiger partial charge in [-0.15, -0.1) is 0 Å². The minimum Gasteiger partial charge on any atom is -0.352 e. The second-order valence-electron chi connectivity index (χ2n) is 7.05. The predicted molar refractivity (Wildman–Crippen MR) is 100 cm³/mol. The molecular formula is C20H25N3O2. The third kappa shape index (κ3) is 5.64. The number of amides is 3. The third-order valence-corrected chi connectivity index (χ3v) is 3.94. The van der Waals surface area contributed by atoms with Crippen LogP contribution in [0.2, 0.25) is 0 Å². The molecule has 2 aromatic carbocycles. The largest absolute Gasteiger partial charge is 0.352 e. The molecule has 0 unspecified atom stereocenters. The summed E-state index contributed by atoms with van der Waals surface area (Å²) in [5.41, 5.74) is 8.05. The smallest absolute Gasteiger partial charge is 0.312 e. The van der Waals surface area contributed by atoms with E-state index in [1.165, 1.54) is 5.56 Å². The summed E-state index contributed by atoms with van der Waals surface area (Å²) in [5, 5.41) is 5.48. The average Bonchev–Trinajstić information content (AvgIpc) is 2.54. The Hall–Kier alpha value is -2.82. The Morgan fingerprint density at radius 1 is 1.00 bits per heavy atom. The second-order valence-corrected chi connectivity index (χ2v) is 7.05. The van der Waals surface area contributed by atoms with Gasteiger partial charge in [-0.3, -0.25) is 4.79 Å². The molecule has 5 nitrogen and oxygen atoms in total. The highest BCUT2D eigenvalue weighted by atomic mass is 16.2. The molecule has 0 spiro atoms. The molecule has 0 bridgehead atoms. The number of carbonyl (C=O) groups excluding carboxylic acids is 2. The van der Waals surface area contributed by atoms with Crippen molar-refractivity contribution < 1.29 is 9.59 Å². The summed E-state index contributed by atoms with van der Waals surface area (Å²) in [6.07, 6.45) is 0.105. The zero-order valence-electron chi connectivity index (χ0n) is 14.9. The van der Waals surface area contributed by atoms with Crippen LogP contribution in [0.3, 0.4) is 0 Å². The molecule has 0 fully saturated rings. The lowest BCUT2D eigenvalue weighted by atomic mass is 9.87. The summed E-state index contributed by atoms with van der Waals surface area (Å²) >= 11 is 0. The molecule has 0 saturated carbocycles. The van der Waals surface area contributed by atoms with Gasteiger partial charge in [0, 0.05) is 5.69 Å². The van der Waals surface area contributed by atoms with Crippen LogP contribution in [-0.4, -0.2) is 11.9 Å². The fraction of sp³-hybridized carbons (Fsp3) is 0.300. The van der Waals surface area contributed by atoms with Crippen molar-refractivity contribution in [3.05, 3.63) is 65.7 Å². The van der Waals surface area contributed by atoms with Gasteiger partial charge in [0.05, 0.1) is 12.5 Å². The molecule has 4 N–H and O–H groups in total. The molecule has 3 amide bonds. The van der Waals surface area contributed by atoms with Crippen LogP contribution in [-0.2, 0) is 10.2 Å². The van der Waals surface area contributed by atoms with Gasteiger partial charge in [0.1, 0.15) is 0 Å². The fourth-order valence-electron chi connectivity index (χ4n) is 2.56. The highest BCUT2D eigenvalue weighted by Gasteiger charge is 2.18. The summed E-state index contributed by atoms with van der Waals surface area (Å²) in [6.45, 7) is 6.42. The highest BCUT2D eigenvalue weighted by molar-refractivity contribution is 5.91. The van der Waals surface area contributed by atoms with E-state index in [0.717, 1.165) is 11.3 Å². The predicted octanol–water partition coefficient (Wildman–Crippen LogP) is 3.72. The van der Waals surface area contributed by atoms with Crippen LogP contribution in [0.1, 0.15) is 44.4 Å². The van der Waals surface area contributed by atoms with Crippen molar-refractivity contribution in [1.82, 2.24) is 5.32 Å². The van der Waals surface area contributed by atoms with E-state index in [0.29, 0.717) is 0 Å². The van der Waals surface area contributed by atoms with Gasteiger partial charge < -0.3 is 16.4 Å². The number of primary amides is 1. The van der Waals surface area contributed by atoms with E-state index in [1.807, 2.05) is 54.6 Å². The first-order valence-electron chi connectivity index (χ1n) is 8.27. The highest BCUT2D eigenvalue weighted by Crippen LogP contribution is 2.24. The van der Waals surface area contributed by atoms with Gasteiger partial charge in [0.2, 0.25) is 5.91 Å². The van der Waals surface area contributed by atoms with Gasteiger partial charge in [0.15, 0.2) is 0 Å². The normalized spacial score (nSPS) is 12.3. The summed E-state index contributed by atoms with van der Waals surface area (Å²) < 4.78 is 0. The number of nitrogens with one attached hydrogen (secondary N) is 2. The Morgan fingerprint density at radius 2 is 1.60 bits per heavy atom. The number of anilines is 1. The summed E-state index contributed by atoms with van der Waals surface area (Å²) in [6, 6.07) is 16.0. The van der Waals surface area contributed by atoms with E-state index in [-0.39, 0.29) is 17.7 Å². The van der Waals surface area contributed by atoms with E-state index < -0.39 is 12.1 Å². The lowest BCUT2D eigenvalue weighted by Crippen LogP contribution is -2.35. The van der Waals surface area contributed by atoms with Crippen LogP contribution in [0.5, 0.6) is 0 Å². The number of rotatable bonds is 5. The molecule has 0 aliphatic rings. The van der Waals surface area contributed by atoms with Crippen molar-refractivity contribution in [2.45, 2.75) is 38.6 Å². The van der Waals surface area contributed by atoms with Gasteiger partial charge in [-0.2, -0.15) is 0 Å². The first-order valence-corrected chi connectivity index (χ1v) is 8.27. The third-order valence-electron chi connectivity index (χ3n) is 3.94. The quantitative estimate of drug-likeness (QED) is 0.775. The van der Waals surface area contributed by atoms with Crippen molar-refractivity contribution in [2.75, 3.05) is 5.32 Å². The molecule has 2 aromatic rings.